The molecule has 0 spiro atoms. The number of hydrogen-bond donors (Lipinski definition) is 1. The molecule has 3 rings (SSSR count). The second-order valence-corrected chi connectivity index (χ2v) is 6.68. The van der Waals surface area contributed by atoms with E-state index in [1.54, 1.807) is 0 Å². The van der Waals surface area contributed by atoms with Gasteiger partial charge in [-0.05, 0) is 48.2 Å². The third kappa shape index (κ3) is 5.57. The molecule has 1 aliphatic rings. The first-order valence-corrected chi connectivity index (χ1v) is 9.45. The first-order chi connectivity index (χ1) is 13.3. The highest BCUT2D eigenvalue weighted by atomic mass is 16.5. The number of benzene rings is 2. The zero-order chi connectivity index (χ0) is 18.9. The fraction of sp³-hybridized carbons (Fsp3) is 0.364. The molecule has 5 heteroatoms. The summed E-state index contributed by atoms with van der Waals surface area (Å²) in [6.45, 7) is 2.91. The standard InChI is InChI=1S/C22H25N3O2/c23-12-1-2-14-27-21-6-3-5-19(15-21)17-24-16-18-8-10-20(11-9-18)25-13-4-7-22(25)26/h3,5-6,8-11,15,24H,1-2,4,7,13-14,16-17H2. The molecule has 1 N–H and O–H groups in total. The summed E-state index contributed by atoms with van der Waals surface area (Å²) in [5.74, 6) is 1.06. The van der Waals surface area contributed by atoms with E-state index in [-0.39, 0.29) is 5.91 Å². The quantitative estimate of drug-likeness (QED) is 0.689. The number of amides is 1. The van der Waals surface area contributed by atoms with E-state index in [1.165, 1.54) is 5.56 Å². The van der Waals surface area contributed by atoms with Crippen molar-refractivity contribution < 1.29 is 9.53 Å². The Bertz CT molecular complexity index is 796. The number of carbonyl (C=O) groups is 1. The van der Waals surface area contributed by atoms with Crippen LogP contribution >= 0.6 is 0 Å². The molecular formula is C22H25N3O2. The van der Waals surface area contributed by atoms with E-state index in [2.05, 4.69) is 29.6 Å². The van der Waals surface area contributed by atoms with Crippen molar-refractivity contribution in [3.63, 3.8) is 0 Å². The van der Waals surface area contributed by atoms with Crippen LogP contribution in [0, 0.1) is 11.3 Å². The molecule has 140 valence electrons. The predicted octanol–water partition coefficient (Wildman–Crippen LogP) is 3.79. The van der Waals surface area contributed by atoms with Gasteiger partial charge in [-0.1, -0.05) is 24.3 Å². The second kappa shape index (κ2) is 9.75. The smallest absolute Gasteiger partial charge is 0.227 e. The first-order valence-electron chi connectivity index (χ1n) is 9.45. The third-order valence-corrected chi connectivity index (χ3v) is 4.58. The summed E-state index contributed by atoms with van der Waals surface area (Å²) < 4.78 is 5.67. The molecule has 0 unspecified atom stereocenters. The van der Waals surface area contributed by atoms with Crippen LogP contribution in [0.15, 0.2) is 48.5 Å². The van der Waals surface area contributed by atoms with Gasteiger partial charge >= 0.3 is 0 Å². The van der Waals surface area contributed by atoms with Crippen LogP contribution in [0.1, 0.15) is 36.8 Å². The van der Waals surface area contributed by atoms with Gasteiger partial charge in [0.2, 0.25) is 5.91 Å². The van der Waals surface area contributed by atoms with Crippen molar-refractivity contribution in [2.75, 3.05) is 18.1 Å². The van der Waals surface area contributed by atoms with Gasteiger partial charge in [-0.25, -0.2) is 0 Å². The number of rotatable bonds is 9. The zero-order valence-corrected chi connectivity index (χ0v) is 15.5. The normalized spacial score (nSPS) is 13.6. The van der Waals surface area contributed by atoms with Crippen LogP contribution in [0.2, 0.25) is 0 Å². The van der Waals surface area contributed by atoms with Gasteiger partial charge in [-0.3, -0.25) is 4.79 Å². The lowest BCUT2D eigenvalue weighted by Crippen LogP contribution is -2.23. The van der Waals surface area contributed by atoms with Gasteiger partial charge in [0, 0.05) is 38.2 Å². The van der Waals surface area contributed by atoms with Crippen LogP contribution in [0.3, 0.4) is 0 Å². The van der Waals surface area contributed by atoms with E-state index >= 15 is 0 Å². The van der Waals surface area contributed by atoms with E-state index in [9.17, 15) is 4.79 Å². The summed E-state index contributed by atoms with van der Waals surface area (Å²) in [6.07, 6.45) is 2.87. The molecule has 0 bridgehead atoms. The summed E-state index contributed by atoms with van der Waals surface area (Å²) in [5, 5.41) is 12.0. The molecule has 2 aromatic carbocycles. The number of nitrogens with zero attached hydrogens (tertiary/aromatic N) is 2. The van der Waals surface area contributed by atoms with Crippen LogP contribution in [0.5, 0.6) is 5.75 Å². The SMILES string of the molecule is N#CCCCOc1cccc(CNCc2ccc(N3CCCC3=O)cc2)c1. The van der Waals surface area contributed by atoms with Crippen molar-refractivity contribution in [3.05, 3.63) is 59.7 Å². The average molecular weight is 363 g/mol. The number of nitrogens with one attached hydrogen (secondary N) is 1. The molecule has 0 aromatic heterocycles. The summed E-state index contributed by atoms with van der Waals surface area (Å²) in [6, 6.07) is 18.3. The average Bonchev–Trinajstić information content (AvgIpc) is 3.12. The van der Waals surface area contributed by atoms with Crippen molar-refractivity contribution in [1.29, 1.82) is 5.26 Å². The number of anilines is 1. The van der Waals surface area contributed by atoms with Crippen molar-refractivity contribution in [2.45, 2.75) is 38.8 Å². The van der Waals surface area contributed by atoms with Gasteiger partial charge in [0.05, 0.1) is 12.7 Å². The number of nitriles is 1. The molecule has 0 radical (unpaired) electrons. The van der Waals surface area contributed by atoms with Gasteiger partial charge in [0.25, 0.3) is 0 Å². The molecule has 1 heterocycles. The van der Waals surface area contributed by atoms with E-state index in [1.807, 2.05) is 35.2 Å². The summed E-state index contributed by atoms with van der Waals surface area (Å²) in [4.78, 5) is 13.7. The van der Waals surface area contributed by atoms with Crippen molar-refractivity contribution in [2.24, 2.45) is 0 Å². The molecule has 1 aliphatic heterocycles. The molecule has 0 saturated carbocycles. The molecule has 1 saturated heterocycles. The van der Waals surface area contributed by atoms with Gasteiger partial charge in [0.1, 0.15) is 5.75 Å². The fourth-order valence-corrected chi connectivity index (χ4v) is 3.15. The maximum atomic E-state index is 11.8. The van der Waals surface area contributed by atoms with Crippen LogP contribution in [-0.4, -0.2) is 19.1 Å². The second-order valence-electron chi connectivity index (χ2n) is 6.68. The summed E-state index contributed by atoms with van der Waals surface area (Å²) in [5.41, 5.74) is 3.34. The van der Waals surface area contributed by atoms with Gasteiger partial charge in [-0.2, -0.15) is 5.26 Å². The Balaban J connectivity index is 1.45. The largest absolute Gasteiger partial charge is 0.494 e. The highest BCUT2D eigenvalue weighted by Gasteiger charge is 2.21. The number of unbranched alkanes of at least 4 members (excludes halogenated alkanes) is 1. The Morgan fingerprint density at radius 2 is 1.93 bits per heavy atom. The Labute approximate surface area is 160 Å². The minimum Gasteiger partial charge on any atom is -0.494 e. The fourth-order valence-electron chi connectivity index (χ4n) is 3.15. The van der Waals surface area contributed by atoms with E-state index in [0.29, 0.717) is 19.4 Å². The molecule has 5 nitrogen and oxygen atoms in total. The molecule has 1 fully saturated rings. The Kier molecular flexibility index (Phi) is 6.84. The first kappa shape index (κ1) is 18.9. The minimum atomic E-state index is 0.218. The topological polar surface area (TPSA) is 65.4 Å². The maximum Gasteiger partial charge on any atom is 0.227 e. The molecule has 2 aromatic rings. The van der Waals surface area contributed by atoms with Crippen molar-refractivity contribution >= 4 is 11.6 Å². The van der Waals surface area contributed by atoms with Crippen LogP contribution in [-0.2, 0) is 17.9 Å². The molecule has 0 aliphatic carbocycles. The molecule has 1 amide bonds. The monoisotopic (exact) mass is 363 g/mol. The van der Waals surface area contributed by atoms with Crippen LogP contribution in [0.25, 0.3) is 0 Å². The number of hydrogen-bond acceptors (Lipinski definition) is 4. The minimum absolute atomic E-state index is 0.218. The highest BCUT2D eigenvalue weighted by molar-refractivity contribution is 5.95. The lowest BCUT2D eigenvalue weighted by Gasteiger charge is -2.16. The molecule has 27 heavy (non-hydrogen) atoms. The Morgan fingerprint density at radius 1 is 1.11 bits per heavy atom. The predicted molar refractivity (Wildman–Crippen MR) is 105 cm³/mol. The van der Waals surface area contributed by atoms with E-state index in [0.717, 1.165) is 49.5 Å². The Hall–Kier alpha value is -2.84. The van der Waals surface area contributed by atoms with Gasteiger partial charge in [0.15, 0.2) is 0 Å². The lowest BCUT2D eigenvalue weighted by atomic mass is 10.1. The third-order valence-electron chi connectivity index (χ3n) is 4.58. The number of ether oxygens (including phenoxy) is 1. The van der Waals surface area contributed by atoms with Crippen molar-refractivity contribution in [1.82, 2.24) is 5.32 Å². The van der Waals surface area contributed by atoms with Gasteiger partial charge < -0.3 is 15.0 Å². The number of carbonyl (C=O) groups excluding carboxylic acids is 1. The van der Waals surface area contributed by atoms with Crippen LogP contribution < -0.4 is 15.0 Å². The molecular weight excluding hydrogens is 338 g/mol. The highest BCUT2D eigenvalue weighted by Crippen LogP contribution is 2.21. The van der Waals surface area contributed by atoms with E-state index in [4.69, 9.17) is 10.00 Å². The zero-order valence-electron chi connectivity index (χ0n) is 15.5. The van der Waals surface area contributed by atoms with Crippen molar-refractivity contribution in [3.8, 4) is 11.8 Å². The van der Waals surface area contributed by atoms with Gasteiger partial charge in [-0.15, -0.1) is 0 Å². The Morgan fingerprint density at radius 3 is 2.67 bits per heavy atom. The lowest BCUT2D eigenvalue weighted by molar-refractivity contribution is -0.117. The summed E-state index contributed by atoms with van der Waals surface area (Å²) >= 11 is 0. The molecule has 0 atom stereocenters. The maximum absolute atomic E-state index is 11.8. The van der Waals surface area contributed by atoms with E-state index < -0.39 is 0 Å². The summed E-state index contributed by atoms with van der Waals surface area (Å²) in [7, 11) is 0. The van der Waals surface area contributed by atoms with Crippen LogP contribution in [0.4, 0.5) is 5.69 Å².